The van der Waals surface area contributed by atoms with Gasteiger partial charge in [-0.05, 0) is 24.3 Å². The van der Waals surface area contributed by atoms with E-state index in [0.29, 0.717) is 0 Å². The van der Waals surface area contributed by atoms with Crippen LogP contribution in [0.3, 0.4) is 0 Å². The van der Waals surface area contributed by atoms with Crippen LogP contribution in [-0.4, -0.2) is 29.1 Å². The SMILES string of the molecule is O=C(O)c1cncc(N2CC3CC3C2)c1. The molecule has 0 aromatic carbocycles. The molecule has 1 aromatic rings. The van der Waals surface area contributed by atoms with Crippen LogP contribution in [0.25, 0.3) is 0 Å². The van der Waals surface area contributed by atoms with Crippen molar-refractivity contribution in [1.29, 1.82) is 0 Å². The minimum absolute atomic E-state index is 0.271. The molecule has 4 nitrogen and oxygen atoms in total. The molecule has 4 heteroatoms. The first-order valence-electron chi connectivity index (χ1n) is 5.17. The molecule has 0 radical (unpaired) electrons. The predicted octanol–water partition coefficient (Wildman–Crippen LogP) is 1.24. The summed E-state index contributed by atoms with van der Waals surface area (Å²) in [5.74, 6) is 0.783. The fourth-order valence-corrected chi connectivity index (χ4v) is 2.33. The van der Waals surface area contributed by atoms with E-state index in [0.717, 1.165) is 30.6 Å². The number of carboxylic acids is 1. The molecule has 1 saturated carbocycles. The molecule has 15 heavy (non-hydrogen) atoms. The summed E-state index contributed by atoms with van der Waals surface area (Å²) in [6.07, 6.45) is 4.49. The number of carboxylic acid groups (broad SMARTS) is 1. The van der Waals surface area contributed by atoms with E-state index in [1.165, 1.54) is 12.6 Å². The average molecular weight is 204 g/mol. The second kappa shape index (κ2) is 2.95. The molecule has 0 bridgehead atoms. The summed E-state index contributed by atoms with van der Waals surface area (Å²) >= 11 is 0. The Morgan fingerprint density at radius 2 is 2.13 bits per heavy atom. The number of pyridine rings is 1. The quantitative estimate of drug-likeness (QED) is 0.787. The van der Waals surface area contributed by atoms with Crippen molar-refractivity contribution >= 4 is 11.7 Å². The van der Waals surface area contributed by atoms with Crippen molar-refractivity contribution in [3.8, 4) is 0 Å². The van der Waals surface area contributed by atoms with E-state index in [2.05, 4.69) is 9.88 Å². The molecular formula is C11H12N2O2. The van der Waals surface area contributed by atoms with Crippen LogP contribution >= 0.6 is 0 Å². The van der Waals surface area contributed by atoms with Gasteiger partial charge in [0.1, 0.15) is 0 Å². The third kappa shape index (κ3) is 1.46. The van der Waals surface area contributed by atoms with Gasteiger partial charge in [-0.1, -0.05) is 0 Å². The zero-order valence-corrected chi connectivity index (χ0v) is 8.26. The second-order valence-corrected chi connectivity index (χ2v) is 4.40. The molecular weight excluding hydrogens is 192 g/mol. The monoisotopic (exact) mass is 204 g/mol. The molecule has 2 atom stereocenters. The van der Waals surface area contributed by atoms with Crippen LogP contribution in [0.2, 0.25) is 0 Å². The van der Waals surface area contributed by atoms with Gasteiger partial charge in [-0.15, -0.1) is 0 Å². The van der Waals surface area contributed by atoms with Gasteiger partial charge < -0.3 is 10.0 Å². The van der Waals surface area contributed by atoms with Gasteiger partial charge >= 0.3 is 5.97 Å². The Morgan fingerprint density at radius 3 is 2.80 bits per heavy atom. The number of anilines is 1. The minimum Gasteiger partial charge on any atom is -0.478 e. The average Bonchev–Trinajstić information content (AvgIpc) is 2.86. The van der Waals surface area contributed by atoms with E-state index in [1.54, 1.807) is 12.3 Å². The Bertz CT molecular complexity index is 409. The summed E-state index contributed by atoms with van der Waals surface area (Å²) in [5.41, 5.74) is 1.22. The number of nitrogens with zero attached hydrogens (tertiary/aromatic N) is 2. The van der Waals surface area contributed by atoms with Gasteiger partial charge in [0.15, 0.2) is 0 Å². The Hall–Kier alpha value is -1.58. The summed E-state index contributed by atoms with van der Waals surface area (Å²) in [6, 6.07) is 1.71. The largest absolute Gasteiger partial charge is 0.478 e. The molecule has 2 unspecified atom stereocenters. The molecule has 1 N–H and O–H groups in total. The standard InChI is InChI=1S/C11H12N2O2/c14-11(15)7-2-10(4-12-3-7)13-5-8-1-9(8)6-13/h2-4,8-9H,1,5-6H2,(H,14,15). The van der Waals surface area contributed by atoms with Crippen molar-refractivity contribution < 1.29 is 9.90 Å². The first-order chi connectivity index (χ1) is 7.24. The zero-order chi connectivity index (χ0) is 10.4. The highest BCUT2D eigenvalue weighted by molar-refractivity contribution is 5.88. The van der Waals surface area contributed by atoms with Gasteiger partial charge in [-0.3, -0.25) is 4.98 Å². The molecule has 78 valence electrons. The lowest BCUT2D eigenvalue weighted by Crippen LogP contribution is -2.22. The normalized spacial score (nSPS) is 27.6. The van der Waals surface area contributed by atoms with E-state index in [-0.39, 0.29) is 5.56 Å². The number of piperidine rings is 1. The van der Waals surface area contributed by atoms with Crippen LogP contribution in [-0.2, 0) is 0 Å². The molecule has 0 amide bonds. The molecule has 1 aromatic heterocycles. The minimum atomic E-state index is -0.909. The number of carbonyl (C=O) groups is 1. The van der Waals surface area contributed by atoms with Gasteiger partial charge in [-0.2, -0.15) is 0 Å². The van der Waals surface area contributed by atoms with E-state index >= 15 is 0 Å². The van der Waals surface area contributed by atoms with E-state index in [4.69, 9.17) is 5.11 Å². The molecule has 3 rings (SSSR count). The number of fused-ring (bicyclic) bond motifs is 1. The van der Waals surface area contributed by atoms with Gasteiger partial charge in [0, 0.05) is 19.3 Å². The topological polar surface area (TPSA) is 53.4 Å². The first-order valence-corrected chi connectivity index (χ1v) is 5.17. The maximum atomic E-state index is 10.8. The lowest BCUT2D eigenvalue weighted by Gasteiger charge is -2.19. The number of rotatable bonds is 2. The van der Waals surface area contributed by atoms with Crippen molar-refractivity contribution in [2.75, 3.05) is 18.0 Å². The van der Waals surface area contributed by atoms with Crippen LogP contribution in [0.4, 0.5) is 5.69 Å². The lowest BCUT2D eigenvalue weighted by atomic mass is 10.2. The van der Waals surface area contributed by atoms with Crippen molar-refractivity contribution in [3.05, 3.63) is 24.0 Å². The van der Waals surface area contributed by atoms with E-state index in [1.807, 2.05) is 0 Å². The summed E-state index contributed by atoms with van der Waals surface area (Å²) in [7, 11) is 0. The Balaban J connectivity index is 1.85. The third-order valence-corrected chi connectivity index (χ3v) is 3.31. The highest BCUT2D eigenvalue weighted by Gasteiger charge is 2.45. The predicted molar refractivity (Wildman–Crippen MR) is 55.0 cm³/mol. The van der Waals surface area contributed by atoms with E-state index < -0.39 is 5.97 Å². The molecule has 2 fully saturated rings. The summed E-state index contributed by atoms with van der Waals surface area (Å²) in [6.45, 7) is 2.13. The second-order valence-electron chi connectivity index (χ2n) is 4.40. The highest BCUT2D eigenvalue weighted by Crippen LogP contribution is 2.46. The van der Waals surface area contributed by atoms with Crippen molar-refractivity contribution in [2.45, 2.75) is 6.42 Å². The molecule has 1 aliphatic heterocycles. The van der Waals surface area contributed by atoms with Crippen molar-refractivity contribution in [3.63, 3.8) is 0 Å². The van der Waals surface area contributed by atoms with Crippen LogP contribution in [0.5, 0.6) is 0 Å². The fraction of sp³-hybridized carbons (Fsp3) is 0.455. The summed E-state index contributed by atoms with van der Waals surface area (Å²) < 4.78 is 0. The van der Waals surface area contributed by atoms with Gasteiger partial charge in [0.2, 0.25) is 0 Å². The third-order valence-electron chi connectivity index (χ3n) is 3.31. The number of hydrogen-bond acceptors (Lipinski definition) is 3. The van der Waals surface area contributed by atoms with Gasteiger partial charge in [0.05, 0.1) is 17.4 Å². The maximum absolute atomic E-state index is 10.8. The number of aromatic carboxylic acids is 1. The Morgan fingerprint density at radius 1 is 1.40 bits per heavy atom. The molecule has 2 aliphatic rings. The van der Waals surface area contributed by atoms with Crippen LogP contribution in [0.1, 0.15) is 16.8 Å². The lowest BCUT2D eigenvalue weighted by molar-refractivity contribution is 0.0696. The summed E-state index contributed by atoms with van der Waals surface area (Å²) in [5, 5.41) is 8.85. The van der Waals surface area contributed by atoms with Gasteiger partial charge in [-0.25, -0.2) is 4.79 Å². The molecule has 1 aliphatic carbocycles. The van der Waals surface area contributed by atoms with Crippen LogP contribution < -0.4 is 4.90 Å². The maximum Gasteiger partial charge on any atom is 0.337 e. The van der Waals surface area contributed by atoms with E-state index in [9.17, 15) is 4.79 Å². The van der Waals surface area contributed by atoms with Crippen molar-refractivity contribution in [2.24, 2.45) is 11.8 Å². The fourth-order valence-electron chi connectivity index (χ4n) is 2.33. The molecule has 1 saturated heterocycles. The summed E-state index contributed by atoms with van der Waals surface area (Å²) in [4.78, 5) is 17.0. The molecule has 0 spiro atoms. The van der Waals surface area contributed by atoms with Gasteiger partial charge in [0.25, 0.3) is 0 Å². The first kappa shape index (κ1) is 8.71. The van der Waals surface area contributed by atoms with Crippen LogP contribution in [0, 0.1) is 11.8 Å². The van der Waals surface area contributed by atoms with Crippen LogP contribution in [0.15, 0.2) is 18.5 Å². The molecule has 2 heterocycles. The Labute approximate surface area is 87.5 Å². The van der Waals surface area contributed by atoms with Crippen molar-refractivity contribution in [1.82, 2.24) is 4.98 Å². The number of hydrogen-bond donors (Lipinski definition) is 1. The number of aromatic nitrogens is 1. The smallest absolute Gasteiger partial charge is 0.337 e. The Kier molecular flexibility index (Phi) is 1.71. The highest BCUT2D eigenvalue weighted by atomic mass is 16.4. The zero-order valence-electron chi connectivity index (χ0n) is 8.26.